The first-order valence-corrected chi connectivity index (χ1v) is 6.95. The van der Waals surface area contributed by atoms with Crippen molar-refractivity contribution < 1.29 is 0 Å². The normalized spacial score (nSPS) is 22.1. The average molecular weight is 268 g/mol. The molecule has 0 aromatic heterocycles. The van der Waals surface area contributed by atoms with E-state index in [1.165, 1.54) is 6.54 Å². The van der Waals surface area contributed by atoms with Crippen molar-refractivity contribution in [1.82, 2.24) is 9.80 Å². The van der Waals surface area contributed by atoms with Gasteiger partial charge in [0, 0.05) is 49.5 Å². The number of hydrogen-bond donors (Lipinski definition) is 1. The van der Waals surface area contributed by atoms with Crippen molar-refractivity contribution in [3.8, 4) is 0 Å². The Balaban J connectivity index is 1.72. The molecule has 2 rings (SSSR count). The molecule has 18 heavy (non-hydrogen) atoms. The summed E-state index contributed by atoms with van der Waals surface area (Å²) in [5, 5.41) is 4.20. The number of anilines is 1. The minimum Gasteiger partial charge on any atom is -0.384 e. The maximum absolute atomic E-state index is 5.95. The predicted molar refractivity (Wildman–Crippen MR) is 78.5 cm³/mol. The molecule has 1 aliphatic rings. The minimum atomic E-state index is 0.657. The summed E-state index contributed by atoms with van der Waals surface area (Å²) in [6.45, 7) is 7.84. The van der Waals surface area contributed by atoms with Gasteiger partial charge in [0.05, 0.1) is 0 Å². The van der Waals surface area contributed by atoms with E-state index in [1.807, 2.05) is 18.2 Å². The maximum Gasteiger partial charge on any atom is 0.0426 e. The molecular formula is C14H22ClN3. The number of likely N-dealkylation sites (N-methyl/N-ethyl adjacent to an activating group) is 1. The summed E-state index contributed by atoms with van der Waals surface area (Å²) in [4.78, 5) is 4.93. The van der Waals surface area contributed by atoms with Gasteiger partial charge in [-0.1, -0.05) is 17.7 Å². The number of nitrogens with zero attached hydrogens (tertiary/aromatic N) is 2. The molecule has 0 saturated carbocycles. The Hall–Kier alpha value is -0.770. The van der Waals surface area contributed by atoms with E-state index >= 15 is 0 Å². The van der Waals surface area contributed by atoms with Crippen molar-refractivity contribution in [3.63, 3.8) is 0 Å². The van der Waals surface area contributed by atoms with E-state index < -0.39 is 0 Å². The summed E-state index contributed by atoms with van der Waals surface area (Å²) in [5.74, 6) is 0. The largest absolute Gasteiger partial charge is 0.384 e. The molecule has 0 radical (unpaired) electrons. The molecule has 1 unspecified atom stereocenters. The van der Waals surface area contributed by atoms with E-state index in [9.17, 15) is 0 Å². The zero-order valence-corrected chi connectivity index (χ0v) is 12.0. The van der Waals surface area contributed by atoms with Crippen molar-refractivity contribution in [3.05, 3.63) is 29.3 Å². The molecule has 1 atom stereocenters. The second kappa shape index (κ2) is 6.41. The van der Waals surface area contributed by atoms with Gasteiger partial charge in [-0.3, -0.25) is 4.90 Å². The van der Waals surface area contributed by atoms with Crippen LogP contribution in [0.2, 0.25) is 5.02 Å². The Kier molecular flexibility index (Phi) is 4.87. The highest BCUT2D eigenvalue weighted by molar-refractivity contribution is 6.30. The molecule has 1 aromatic rings. The van der Waals surface area contributed by atoms with Crippen LogP contribution in [0.25, 0.3) is 0 Å². The number of nitrogens with one attached hydrogen (secondary N) is 1. The molecule has 1 saturated heterocycles. The molecule has 3 nitrogen and oxygen atoms in total. The molecule has 0 aliphatic carbocycles. The van der Waals surface area contributed by atoms with E-state index in [0.29, 0.717) is 6.04 Å². The molecule has 100 valence electrons. The third kappa shape index (κ3) is 3.87. The fourth-order valence-corrected chi connectivity index (χ4v) is 2.47. The van der Waals surface area contributed by atoms with Crippen LogP contribution in [-0.4, -0.2) is 55.6 Å². The fraction of sp³-hybridized carbons (Fsp3) is 0.571. The predicted octanol–water partition coefficient (Wildman–Crippen LogP) is 2.39. The van der Waals surface area contributed by atoms with Crippen LogP contribution in [-0.2, 0) is 0 Å². The molecule has 1 N–H and O–H groups in total. The van der Waals surface area contributed by atoms with Crippen LogP contribution in [0, 0.1) is 0 Å². The lowest BCUT2D eigenvalue weighted by Gasteiger charge is -2.37. The quantitative estimate of drug-likeness (QED) is 0.904. The lowest BCUT2D eigenvalue weighted by Crippen LogP contribution is -2.50. The third-order valence-corrected chi connectivity index (χ3v) is 3.86. The SMILES string of the molecule is CC1CN(CCNc2cccc(Cl)c2)CCN1C. The van der Waals surface area contributed by atoms with Crippen molar-refractivity contribution >= 4 is 17.3 Å². The van der Waals surface area contributed by atoms with Crippen LogP contribution in [0.5, 0.6) is 0 Å². The summed E-state index contributed by atoms with van der Waals surface area (Å²) >= 11 is 5.95. The van der Waals surface area contributed by atoms with Crippen molar-refractivity contribution in [1.29, 1.82) is 0 Å². The first-order valence-electron chi connectivity index (χ1n) is 6.57. The summed E-state index contributed by atoms with van der Waals surface area (Å²) < 4.78 is 0. The maximum atomic E-state index is 5.95. The number of halogens is 1. The van der Waals surface area contributed by atoms with Crippen LogP contribution in [0.15, 0.2) is 24.3 Å². The van der Waals surface area contributed by atoms with Crippen LogP contribution in [0.4, 0.5) is 5.69 Å². The van der Waals surface area contributed by atoms with Gasteiger partial charge in [0.15, 0.2) is 0 Å². The van der Waals surface area contributed by atoms with Gasteiger partial charge >= 0.3 is 0 Å². The van der Waals surface area contributed by atoms with Gasteiger partial charge in [-0.2, -0.15) is 0 Å². The van der Waals surface area contributed by atoms with E-state index in [1.54, 1.807) is 0 Å². The average Bonchev–Trinajstić information content (AvgIpc) is 2.34. The van der Waals surface area contributed by atoms with Crippen molar-refractivity contribution in [2.45, 2.75) is 13.0 Å². The van der Waals surface area contributed by atoms with Gasteiger partial charge in [0.1, 0.15) is 0 Å². The topological polar surface area (TPSA) is 18.5 Å². The molecule has 1 heterocycles. The first-order chi connectivity index (χ1) is 8.65. The second-order valence-electron chi connectivity index (χ2n) is 5.07. The van der Waals surface area contributed by atoms with E-state index in [-0.39, 0.29) is 0 Å². The van der Waals surface area contributed by atoms with Gasteiger partial charge in [-0.15, -0.1) is 0 Å². The standard InChI is InChI=1S/C14H22ClN3/c1-12-11-18(9-8-17(12)2)7-6-16-14-5-3-4-13(15)10-14/h3-5,10,12,16H,6-9,11H2,1-2H3. The zero-order chi connectivity index (χ0) is 13.0. The summed E-state index contributed by atoms with van der Waals surface area (Å²) in [6, 6.07) is 8.55. The number of hydrogen-bond acceptors (Lipinski definition) is 3. The Bertz CT molecular complexity index is 383. The van der Waals surface area contributed by atoms with Crippen LogP contribution >= 0.6 is 11.6 Å². The van der Waals surface area contributed by atoms with Gasteiger partial charge in [0.25, 0.3) is 0 Å². The molecule has 0 bridgehead atoms. The van der Waals surface area contributed by atoms with Crippen LogP contribution < -0.4 is 5.32 Å². The van der Waals surface area contributed by atoms with Gasteiger partial charge in [-0.05, 0) is 32.2 Å². The number of rotatable bonds is 4. The molecule has 1 fully saturated rings. The number of piperazine rings is 1. The van der Waals surface area contributed by atoms with E-state index in [0.717, 1.165) is 36.9 Å². The molecule has 1 aromatic carbocycles. The molecule has 4 heteroatoms. The molecule has 0 spiro atoms. The number of benzene rings is 1. The smallest absolute Gasteiger partial charge is 0.0426 e. The second-order valence-corrected chi connectivity index (χ2v) is 5.50. The highest BCUT2D eigenvalue weighted by Crippen LogP contribution is 2.14. The third-order valence-electron chi connectivity index (χ3n) is 3.63. The lowest BCUT2D eigenvalue weighted by atomic mass is 10.2. The van der Waals surface area contributed by atoms with Gasteiger partial charge < -0.3 is 10.2 Å². The van der Waals surface area contributed by atoms with Gasteiger partial charge in [0.2, 0.25) is 0 Å². The monoisotopic (exact) mass is 267 g/mol. The Morgan fingerprint density at radius 1 is 1.39 bits per heavy atom. The Morgan fingerprint density at radius 3 is 2.94 bits per heavy atom. The Morgan fingerprint density at radius 2 is 2.22 bits per heavy atom. The van der Waals surface area contributed by atoms with Crippen LogP contribution in [0.1, 0.15) is 6.92 Å². The zero-order valence-electron chi connectivity index (χ0n) is 11.2. The highest BCUT2D eigenvalue weighted by Gasteiger charge is 2.19. The van der Waals surface area contributed by atoms with E-state index in [4.69, 9.17) is 11.6 Å². The van der Waals surface area contributed by atoms with Crippen LogP contribution in [0.3, 0.4) is 0 Å². The molecule has 1 aliphatic heterocycles. The molecular weight excluding hydrogens is 246 g/mol. The summed E-state index contributed by atoms with van der Waals surface area (Å²) in [7, 11) is 2.20. The fourth-order valence-electron chi connectivity index (χ4n) is 2.28. The highest BCUT2D eigenvalue weighted by atomic mass is 35.5. The van der Waals surface area contributed by atoms with Crippen molar-refractivity contribution in [2.24, 2.45) is 0 Å². The molecule has 0 amide bonds. The lowest BCUT2D eigenvalue weighted by molar-refractivity contribution is 0.108. The Labute approximate surface area is 115 Å². The summed E-state index contributed by atoms with van der Waals surface area (Å²) in [5.41, 5.74) is 1.10. The first kappa shape index (κ1) is 13.7. The van der Waals surface area contributed by atoms with Crippen molar-refractivity contribution in [2.75, 3.05) is 45.1 Å². The van der Waals surface area contributed by atoms with E-state index in [2.05, 4.69) is 35.2 Å². The minimum absolute atomic E-state index is 0.657. The summed E-state index contributed by atoms with van der Waals surface area (Å²) in [6.07, 6.45) is 0. The van der Waals surface area contributed by atoms with Gasteiger partial charge in [-0.25, -0.2) is 0 Å².